The first-order chi connectivity index (χ1) is 20.2. The normalized spacial score (nSPS) is 21.4. The van der Waals surface area contributed by atoms with E-state index in [9.17, 15) is 19.5 Å². The van der Waals surface area contributed by atoms with Crippen molar-refractivity contribution in [3.05, 3.63) is 70.8 Å². The number of nitrogens with zero attached hydrogens (tertiary/aromatic N) is 2. The molecule has 1 aliphatic carbocycles. The van der Waals surface area contributed by atoms with Crippen molar-refractivity contribution >= 4 is 30.1 Å². The predicted octanol–water partition coefficient (Wildman–Crippen LogP) is 4.22. The zero-order chi connectivity index (χ0) is 29.7. The lowest BCUT2D eigenvalue weighted by molar-refractivity contribution is -0.163. The molecular formula is C34H47ClN4O4. The molecule has 234 valence electrons. The lowest BCUT2D eigenvalue weighted by atomic mass is 9.80. The maximum absolute atomic E-state index is 13.7. The van der Waals surface area contributed by atoms with Gasteiger partial charge in [-0.1, -0.05) is 62.6 Å². The molecule has 2 aliphatic heterocycles. The second-order valence-electron chi connectivity index (χ2n) is 12.6. The van der Waals surface area contributed by atoms with Crippen molar-refractivity contribution in [3.63, 3.8) is 0 Å². The van der Waals surface area contributed by atoms with Crippen molar-refractivity contribution in [2.24, 2.45) is 0 Å². The Morgan fingerprint density at radius 3 is 2.12 bits per heavy atom. The summed E-state index contributed by atoms with van der Waals surface area (Å²) in [6.45, 7) is 5.00. The summed E-state index contributed by atoms with van der Waals surface area (Å²) < 4.78 is 0. The number of rotatable bonds is 10. The number of carbonyl (C=O) groups is 3. The minimum atomic E-state index is -0.842. The monoisotopic (exact) mass is 610 g/mol. The highest BCUT2D eigenvalue weighted by molar-refractivity contribution is 6.00. The highest BCUT2D eigenvalue weighted by Gasteiger charge is 2.54. The maximum Gasteiger partial charge on any atom is 0.251 e. The molecule has 9 heteroatoms. The summed E-state index contributed by atoms with van der Waals surface area (Å²) in [4.78, 5) is 43.5. The molecule has 3 N–H and O–H groups in total. The Bertz CT molecular complexity index is 1250. The molecule has 43 heavy (non-hydrogen) atoms. The number of piperazine rings is 1. The van der Waals surface area contributed by atoms with E-state index in [0.29, 0.717) is 44.2 Å². The zero-order valence-electron chi connectivity index (χ0n) is 25.6. The molecule has 1 saturated carbocycles. The fourth-order valence-corrected chi connectivity index (χ4v) is 7.02. The van der Waals surface area contributed by atoms with Gasteiger partial charge in [0.1, 0.15) is 11.6 Å². The van der Waals surface area contributed by atoms with E-state index in [0.717, 1.165) is 57.3 Å². The fraction of sp³-hybridized carbons (Fsp3) is 0.559. The minimum Gasteiger partial charge on any atom is -0.390 e. The number of benzene rings is 2. The van der Waals surface area contributed by atoms with Crippen LogP contribution in [0.4, 0.5) is 0 Å². The van der Waals surface area contributed by atoms with Gasteiger partial charge in [-0.15, -0.1) is 12.4 Å². The molecule has 8 nitrogen and oxygen atoms in total. The van der Waals surface area contributed by atoms with E-state index in [2.05, 4.69) is 46.7 Å². The van der Waals surface area contributed by atoms with E-state index in [4.69, 9.17) is 0 Å². The number of aliphatic hydroxyl groups is 1. The molecule has 3 amide bonds. The van der Waals surface area contributed by atoms with Crippen LogP contribution in [-0.4, -0.2) is 76.5 Å². The Balaban J connectivity index is 0.00000423. The van der Waals surface area contributed by atoms with E-state index >= 15 is 0 Å². The number of carbonyl (C=O) groups excluding carboxylic acids is 3. The first-order valence-corrected chi connectivity index (χ1v) is 15.7. The van der Waals surface area contributed by atoms with Gasteiger partial charge in [-0.2, -0.15) is 0 Å². The van der Waals surface area contributed by atoms with Crippen molar-refractivity contribution in [2.75, 3.05) is 26.7 Å². The van der Waals surface area contributed by atoms with E-state index in [1.807, 2.05) is 29.2 Å². The van der Waals surface area contributed by atoms with E-state index < -0.39 is 17.2 Å². The second-order valence-corrected chi connectivity index (χ2v) is 12.6. The SMILES string of the molecule is CCCCN1C(=O)[C@@H](CC2(O)CCCC2)NC(=O)C12CCN(Cc1ccc(Cc3ccc(C(=O)NC)cc3)cc1)CC2.Cl. The summed E-state index contributed by atoms with van der Waals surface area (Å²) in [5.41, 5.74) is 2.61. The third-order valence-electron chi connectivity index (χ3n) is 9.63. The van der Waals surface area contributed by atoms with Crippen LogP contribution in [0.2, 0.25) is 0 Å². The molecule has 5 rings (SSSR count). The Hall–Kier alpha value is -2.94. The number of piperidine rings is 1. The summed E-state index contributed by atoms with van der Waals surface area (Å²) >= 11 is 0. The smallest absolute Gasteiger partial charge is 0.251 e. The van der Waals surface area contributed by atoms with Crippen LogP contribution in [-0.2, 0) is 22.6 Å². The van der Waals surface area contributed by atoms with E-state index in [1.54, 1.807) is 7.05 Å². The van der Waals surface area contributed by atoms with Gasteiger partial charge in [0.2, 0.25) is 11.8 Å². The van der Waals surface area contributed by atoms with Crippen molar-refractivity contribution in [3.8, 4) is 0 Å². The highest BCUT2D eigenvalue weighted by atomic mass is 35.5. The molecule has 1 atom stereocenters. The summed E-state index contributed by atoms with van der Waals surface area (Å²) in [6.07, 6.45) is 7.54. The van der Waals surface area contributed by atoms with Crippen molar-refractivity contribution in [1.29, 1.82) is 0 Å². The molecule has 0 radical (unpaired) electrons. The van der Waals surface area contributed by atoms with Crippen LogP contribution in [0, 0.1) is 0 Å². The molecule has 2 aromatic rings. The van der Waals surface area contributed by atoms with Crippen molar-refractivity contribution in [2.45, 2.75) is 94.9 Å². The summed E-state index contributed by atoms with van der Waals surface area (Å²) in [6, 6.07) is 15.7. The van der Waals surface area contributed by atoms with E-state index in [-0.39, 0.29) is 30.1 Å². The Morgan fingerprint density at radius 1 is 0.953 bits per heavy atom. The predicted molar refractivity (Wildman–Crippen MR) is 170 cm³/mol. The highest BCUT2D eigenvalue weighted by Crippen LogP contribution is 2.38. The third kappa shape index (κ3) is 7.41. The van der Waals surface area contributed by atoms with Crippen LogP contribution in [0.15, 0.2) is 48.5 Å². The molecule has 1 spiro atoms. The molecular weight excluding hydrogens is 564 g/mol. The van der Waals surface area contributed by atoms with Crippen LogP contribution in [0.3, 0.4) is 0 Å². The van der Waals surface area contributed by atoms with Gasteiger partial charge < -0.3 is 20.6 Å². The first-order valence-electron chi connectivity index (χ1n) is 15.7. The Morgan fingerprint density at radius 2 is 1.53 bits per heavy atom. The minimum absolute atomic E-state index is 0. The van der Waals surface area contributed by atoms with Gasteiger partial charge >= 0.3 is 0 Å². The van der Waals surface area contributed by atoms with Crippen molar-refractivity contribution in [1.82, 2.24) is 20.4 Å². The lowest BCUT2D eigenvalue weighted by Crippen LogP contribution is -2.73. The quantitative estimate of drug-likeness (QED) is 0.374. The van der Waals surface area contributed by atoms with Gasteiger partial charge in [-0.25, -0.2) is 0 Å². The number of likely N-dealkylation sites (tertiary alicyclic amines) is 1. The van der Waals surface area contributed by atoms with Crippen LogP contribution in [0.25, 0.3) is 0 Å². The molecule has 2 aromatic carbocycles. The maximum atomic E-state index is 13.7. The van der Waals surface area contributed by atoms with Gasteiger partial charge in [0, 0.05) is 45.2 Å². The zero-order valence-corrected chi connectivity index (χ0v) is 26.4. The van der Waals surface area contributed by atoms with Gasteiger partial charge in [0.25, 0.3) is 5.91 Å². The average Bonchev–Trinajstić information content (AvgIpc) is 3.43. The van der Waals surface area contributed by atoms with Crippen LogP contribution in [0.5, 0.6) is 0 Å². The topological polar surface area (TPSA) is 102 Å². The summed E-state index contributed by atoms with van der Waals surface area (Å²) in [5, 5.41) is 16.7. The van der Waals surface area contributed by atoms with Crippen LogP contribution < -0.4 is 10.6 Å². The standard InChI is InChI=1S/C34H46N4O4.ClH/c1-3-4-19-38-31(40)29(23-33(42)15-5-6-16-33)36-32(41)34(38)17-20-37(21-18-34)24-27-9-7-25(8-10-27)22-26-11-13-28(14-12-26)30(39)35-2;/h7-14,29,42H,3-6,15-24H2,1-2H3,(H,35,39)(H,36,41);1H/t29-;/m1./s1. The third-order valence-corrected chi connectivity index (χ3v) is 9.63. The number of hydrogen-bond acceptors (Lipinski definition) is 5. The average molecular weight is 611 g/mol. The second kappa shape index (κ2) is 14.2. The first kappa shape index (κ1) is 33.0. The lowest BCUT2D eigenvalue weighted by Gasteiger charge is -2.52. The van der Waals surface area contributed by atoms with Crippen LogP contribution >= 0.6 is 12.4 Å². The number of hydrogen-bond donors (Lipinski definition) is 3. The number of unbranched alkanes of at least 4 members (excludes halogenated alkanes) is 1. The number of halogens is 1. The molecule has 0 bridgehead atoms. The Kier molecular flexibility index (Phi) is 10.9. The summed E-state index contributed by atoms with van der Waals surface area (Å²) in [5.74, 6) is -0.144. The van der Waals surface area contributed by atoms with Gasteiger partial charge in [0.15, 0.2) is 0 Å². The molecule has 2 saturated heterocycles. The van der Waals surface area contributed by atoms with Crippen LogP contribution in [0.1, 0.15) is 91.8 Å². The number of nitrogens with one attached hydrogen (secondary N) is 2. The largest absolute Gasteiger partial charge is 0.390 e. The van der Waals surface area contributed by atoms with E-state index in [1.165, 1.54) is 11.1 Å². The van der Waals surface area contributed by atoms with Gasteiger partial charge in [0.05, 0.1) is 5.60 Å². The molecule has 3 fully saturated rings. The summed E-state index contributed by atoms with van der Waals surface area (Å²) in [7, 11) is 1.63. The van der Waals surface area contributed by atoms with Gasteiger partial charge in [-0.3, -0.25) is 19.3 Å². The Labute approximate surface area is 262 Å². The molecule has 0 unspecified atom stereocenters. The molecule has 2 heterocycles. The van der Waals surface area contributed by atoms with Gasteiger partial charge in [-0.05, 0) is 67.3 Å². The number of amides is 3. The van der Waals surface area contributed by atoms with Crippen molar-refractivity contribution < 1.29 is 19.5 Å². The fourth-order valence-electron chi connectivity index (χ4n) is 7.02. The molecule has 0 aromatic heterocycles. The molecule has 3 aliphatic rings.